The lowest BCUT2D eigenvalue weighted by molar-refractivity contribution is -0.114. The summed E-state index contributed by atoms with van der Waals surface area (Å²) in [5.74, 6) is 1.67. The lowest BCUT2D eigenvalue weighted by Gasteiger charge is -2.02. The molecule has 0 fully saturated rings. The van der Waals surface area contributed by atoms with Crippen LogP contribution >= 0.6 is 23.4 Å². The van der Waals surface area contributed by atoms with Gasteiger partial charge in [0.15, 0.2) is 5.78 Å². The van der Waals surface area contributed by atoms with Crippen molar-refractivity contribution in [1.82, 2.24) is 0 Å². The van der Waals surface area contributed by atoms with E-state index in [4.69, 9.17) is 11.6 Å². The molecule has 0 radical (unpaired) electrons. The first kappa shape index (κ1) is 20.5. The number of allylic oxidation sites excluding steroid dienone is 5. The van der Waals surface area contributed by atoms with Crippen molar-refractivity contribution in [2.45, 2.75) is 53.4 Å². The second kappa shape index (κ2) is 13.2. The molecule has 0 saturated heterocycles. The molecule has 0 bridgehead atoms. The number of carbonyl (C=O) groups is 1. The fourth-order valence-electron chi connectivity index (χ4n) is 1.75. The fourth-order valence-corrected chi connectivity index (χ4v) is 2.81. The Bertz CT molecular complexity index is 390. The van der Waals surface area contributed by atoms with E-state index >= 15 is 0 Å². The van der Waals surface area contributed by atoms with Crippen LogP contribution in [0.25, 0.3) is 0 Å². The second-order valence-corrected chi connectivity index (χ2v) is 6.94. The van der Waals surface area contributed by atoms with Crippen LogP contribution in [0.4, 0.5) is 0 Å². The first-order valence-electron chi connectivity index (χ1n) is 7.55. The molecule has 120 valence electrons. The third kappa shape index (κ3) is 14.2. The minimum Gasteiger partial charge on any atom is -0.297 e. The molecule has 0 aromatic carbocycles. The zero-order valence-corrected chi connectivity index (χ0v) is 15.4. The highest BCUT2D eigenvalue weighted by Gasteiger charge is 1.98. The lowest BCUT2D eigenvalue weighted by atomic mass is 10.1. The molecular weight excluding hydrogens is 300 g/mol. The van der Waals surface area contributed by atoms with Crippen molar-refractivity contribution in [1.29, 1.82) is 0 Å². The Morgan fingerprint density at radius 2 is 1.52 bits per heavy atom. The van der Waals surface area contributed by atoms with Crippen LogP contribution < -0.4 is 0 Å². The predicted octanol–water partition coefficient (Wildman–Crippen LogP) is 5.95. The Morgan fingerprint density at radius 1 is 0.952 bits per heavy atom. The van der Waals surface area contributed by atoms with Gasteiger partial charge < -0.3 is 0 Å². The average molecular weight is 329 g/mol. The van der Waals surface area contributed by atoms with Crippen LogP contribution in [-0.2, 0) is 4.79 Å². The van der Waals surface area contributed by atoms with Crippen LogP contribution in [0.2, 0.25) is 0 Å². The Morgan fingerprint density at radius 3 is 2.10 bits per heavy atom. The molecule has 1 nitrogen and oxygen atoms in total. The maximum atomic E-state index is 11.0. The molecule has 0 spiro atoms. The molecule has 3 heteroatoms. The molecule has 0 heterocycles. The molecule has 0 atom stereocenters. The summed E-state index contributed by atoms with van der Waals surface area (Å²) in [5, 5.41) is 0. The highest BCUT2D eigenvalue weighted by molar-refractivity contribution is 8.00. The molecule has 0 saturated carbocycles. The number of halogens is 1. The van der Waals surface area contributed by atoms with Gasteiger partial charge in [-0.1, -0.05) is 34.9 Å². The quantitative estimate of drug-likeness (QED) is 0.265. The smallest absolute Gasteiger partial charge is 0.157 e. The summed E-state index contributed by atoms with van der Waals surface area (Å²) in [5.41, 5.74) is 4.27. The topological polar surface area (TPSA) is 17.1 Å². The van der Waals surface area contributed by atoms with Gasteiger partial charge in [0.1, 0.15) is 0 Å². The molecule has 0 aliphatic heterocycles. The number of rotatable bonds is 11. The molecule has 21 heavy (non-hydrogen) atoms. The van der Waals surface area contributed by atoms with Gasteiger partial charge >= 0.3 is 0 Å². The van der Waals surface area contributed by atoms with Gasteiger partial charge in [-0.05, 0) is 53.4 Å². The van der Waals surface area contributed by atoms with Gasteiger partial charge in [0.25, 0.3) is 0 Å². The summed E-state index contributed by atoms with van der Waals surface area (Å²) in [6.45, 7) is 8.67. The zero-order chi connectivity index (χ0) is 16.1. The zero-order valence-electron chi connectivity index (χ0n) is 13.9. The van der Waals surface area contributed by atoms with Crippen LogP contribution in [-0.4, -0.2) is 23.2 Å². The number of ketones is 1. The number of carbonyl (C=O) groups excluding carboxylic acids is 1. The van der Waals surface area contributed by atoms with Crippen LogP contribution in [0, 0.1) is 0 Å². The van der Waals surface area contributed by atoms with Crippen molar-refractivity contribution >= 4 is 29.1 Å². The van der Waals surface area contributed by atoms with Crippen LogP contribution in [0.1, 0.15) is 53.4 Å². The van der Waals surface area contributed by atoms with E-state index in [0.29, 0.717) is 5.75 Å². The van der Waals surface area contributed by atoms with E-state index in [9.17, 15) is 4.79 Å². The van der Waals surface area contributed by atoms with E-state index in [0.717, 1.165) is 31.4 Å². The number of hydrogen-bond donors (Lipinski definition) is 0. The molecule has 0 unspecified atom stereocenters. The van der Waals surface area contributed by atoms with E-state index < -0.39 is 0 Å². The van der Waals surface area contributed by atoms with Crippen LogP contribution in [0.5, 0.6) is 0 Å². The Balaban J connectivity index is 3.83. The summed E-state index contributed by atoms with van der Waals surface area (Å²) >= 11 is 7.09. The number of hydrogen-bond acceptors (Lipinski definition) is 2. The first-order chi connectivity index (χ1) is 9.95. The normalized spacial score (nSPS) is 12.4. The summed E-state index contributed by atoms with van der Waals surface area (Å²) in [7, 11) is 0. The Kier molecular flexibility index (Phi) is 12.9. The molecular formula is C18H29ClOS. The largest absolute Gasteiger partial charge is 0.297 e. The van der Waals surface area contributed by atoms with Gasteiger partial charge in [-0.25, -0.2) is 0 Å². The van der Waals surface area contributed by atoms with E-state index in [-0.39, 0.29) is 11.7 Å². The third-order valence-electron chi connectivity index (χ3n) is 3.08. The van der Waals surface area contributed by atoms with E-state index in [1.54, 1.807) is 11.8 Å². The summed E-state index contributed by atoms with van der Waals surface area (Å²) in [4.78, 5) is 11.0. The monoisotopic (exact) mass is 328 g/mol. The number of alkyl halides is 1. The molecule has 0 aromatic heterocycles. The standard InChI is InChI=1S/C18H29ClOS/c1-15(2)7-5-8-16(3)9-6-10-17(4)11-12-21-14-18(20)13-19/h7,9,11H,5-6,8,10,12-14H2,1-4H3/b16-9-,17-11-. The van der Waals surface area contributed by atoms with Crippen LogP contribution in [0.3, 0.4) is 0 Å². The lowest BCUT2D eigenvalue weighted by Crippen LogP contribution is -2.02. The molecule has 0 aromatic rings. The minimum absolute atomic E-state index is 0.114. The molecule has 0 rings (SSSR count). The van der Waals surface area contributed by atoms with Crippen LogP contribution in [0.15, 0.2) is 34.9 Å². The van der Waals surface area contributed by atoms with Crippen molar-refractivity contribution in [2.75, 3.05) is 17.4 Å². The van der Waals surface area contributed by atoms with Crippen molar-refractivity contribution in [2.24, 2.45) is 0 Å². The third-order valence-corrected chi connectivity index (χ3v) is 4.31. The van der Waals surface area contributed by atoms with E-state index in [2.05, 4.69) is 45.9 Å². The molecule has 0 amide bonds. The second-order valence-electron chi connectivity index (χ2n) is 5.65. The van der Waals surface area contributed by atoms with Gasteiger partial charge in [-0.2, -0.15) is 0 Å². The maximum Gasteiger partial charge on any atom is 0.157 e. The van der Waals surface area contributed by atoms with Gasteiger partial charge in [-0.3, -0.25) is 4.79 Å². The predicted molar refractivity (Wildman–Crippen MR) is 98.5 cm³/mol. The summed E-state index contributed by atoms with van der Waals surface area (Å²) in [6, 6.07) is 0. The first-order valence-corrected chi connectivity index (χ1v) is 9.24. The van der Waals surface area contributed by atoms with E-state index in [1.807, 2.05) is 0 Å². The number of thioether (sulfide) groups is 1. The fraction of sp³-hybridized carbons (Fsp3) is 0.611. The van der Waals surface area contributed by atoms with Crippen molar-refractivity contribution in [3.63, 3.8) is 0 Å². The van der Waals surface area contributed by atoms with Crippen molar-refractivity contribution in [3.8, 4) is 0 Å². The van der Waals surface area contributed by atoms with E-state index in [1.165, 1.54) is 16.7 Å². The van der Waals surface area contributed by atoms with Gasteiger partial charge in [0, 0.05) is 5.75 Å². The maximum absolute atomic E-state index is 11.0. The molecule has 0 aliphatic rings. The summed E-state index contributed by atoms with van der Waals surface area (Å²) in [6.07, 6.45) is 11.4. The SMILES string of the molecule is CC(C)=CCC/C(C)=C\CC/C(C)=C\CSCC(=O)CCl. The van der Waals surface area contributed by atoms with Crippen molar-refractivity contribution < 1.29 is 4.79 Å². The minimum atomic E-state index is 0.114. The Hall–Kier alpha value is -0.470. The van der Waals surface area contributed by atoms with Gasteiger partial charge in [-0.15, -0.1) is 23.4 Å². The van der Waals surface area contributed by atoms with Gasteiger partial charge in [0.2, 0.25) is 0 Å². The number of Topliss-reactive ketones (excluding diaryl/α,β-unsaturated/α-hetero) is 1. The van der Waals surface area contributed by atoms with Gasteiger partial charge in [0.05, 0.1) is 11.6 Å². The Labute approximate surface area is 139 Å². The average Bonchev–Trinajstić information content (AvgIpc) is 2.42. The molecule has 0 aliphatic carbocycles. The summed E-state index contributed by atoms with van der Waals surface area (Å²) < 4.78 is 0. The highest BCUT2D eigenvalue weighted by Crippen LogP contribution is 2.12. The molecule has 0 N–H and O–H groups in total. The highest BCUT2D eigenvalue weighted by atomic mass is 35.5. The van der Waals surface area contributed by atoms with Crippen molar-refractivity contribution in [3.05, 3.63) is 34.9 Å².